The van der Waals surface area contributed by atoms with Gasteiger partial charge in [-0.2, -0.15) is 0 Å². The minimum Gasteiger partial charge on any atom is -0.497 e. The van der Waals surface area contributed by atoms with E-state index < -0.39 is 45.0 Å². The number of thiol groups is 1. The molecule has 0 saturated carbocycles. The second-order valence-corrected chi connectivity index (χ2v) is 10.5. The van der Waals surface area contributed by atoms with Gasteiger partial charge in [0.1, 0.15) is 23.8 Å². The van der Waals surface area contributed by atoms with Gasteiger partial charge in [-0.05, 0) is 46.6 Å². The molecule has 1 aliphatic heterocycles. The summed E-state index contributed by atoms with van der Waals surface area (Å²) in [4.78, 5) is 39.5. The van der Waals surface area contributed by atoms with Crippen molar-refractivity contribution in [3.05, 3.63) is 77.9 Å². The number of methoxy groups -OCH3 is 1. The predicted molar refractivity (Wildman–Crippen MR) is 132 cm³/mol. The van der Waals surface area contributed by atoms with E-state index in [2.05, 4.69) is 11.9 Å². The van der Waals surface area contributed by atoms with E-state index in [1.165, 1.54) is 7.11 Å². The van der Waals surface area contributed by atoms with E-state index in [0.29, 0.717) is 27.7 Å². The summed E-state index contributed by atoms with van der Waals surface area (Å²) in [6, 6.07) is 13.5. The van der Waals surface area contributed by atoms with Crippen molar-refractivity contribution in [2.24, 2.45) is 0 Å². The van der Waals surface area contributed by atoms with Crippen LogP contribution in [0.4, 0.5) is 0 Å². The molecule has 0 spiro atoms. The van der Waals surface area contributed by atoms with Gasteiger partial charge in [0, 0.05) is 0 Å². The number of nitrogens with zero attached hydrogens (tertiary/aromatic N) is 1. The molecule has 1 N–H and O–H groups in total. The van der Waals surface area contributed by atoms with Crippen molar-refractivity contribution in [3.63, 3.8) is 0 Å². The van der Waals surface area contributed by atoms with Crippen molar-refractivity contribution in [1.82, 2.24) is 10.2 Å². The molecule has 0 bridgehead atoms. The number of amides is 2. The maximum atomic E-state index is 13.0. The van der Waals surface area contributed by atoms with Gasteiger partial charge in [0.25, 0.3) is 0 Å². The molecular formula is C24H26N2O7S2. The molecule has 0 aromatic heterocycles. The third kappa shape index (κ3) is 6.64. The molecule has 2 amide bonds. The number of benzene rings is 2. The number of nitrogens with one attached hydrogen (secondary N) is 1. The Labute approximate surface area is 208 Å². The number of hydrogen-bond acceptors (Lipinski definition) is 8. The van der Waals surface area contributed by atoms with Gasteiger partial charge in [0.15, 0.2) is 15.8 Å². The van der Waals surface area contributed by atoms with Crippen molar-refractivity contribution in [1.29, 1.82) is 0 Å². The summed E-state index contributed by atoms with van der Waals surface area (Å²) in [7, 11) is -0.962. The molecule has 1 aliphatic rings. The van der Waals surface area contributed by atoms with E-state index in [0.717, 1.165) is 10.5 Å². The van der Waals surface area contributed by atoms with Crippen LogP contribution < -0.4 is 10.1 Å². The molecule has 3 atom stereocenters. The van der Waals surface area contributed by atoms with Gasteiger partial charge in [0.05, 0.1) is 13.5 Å². The van der Waals surface area contributed by atoms with Crippen LogP contribution in [0.2, 0.25) is 0 Å². The summed E-state index contributed by atoms with van der Waals surface area (Å²) in [5.41, 5.74) is 1.75. The van der Waals surface area contributed by atoms with E-state index in [-0.39, 0.29) is 13.0 Å². The number of carbonyl (C=O) groups excluding carboxylic acids is 3. The maximum Gasteiger partial charge on any atom is 0.333 e. The van der Waals surface area contributed by atoms with Crippen LogP contribution in [0.1, 0.15) is 18.1 Å². The summed E-state index contributed by atoms with van der Waals surface area (Å²) in [6.45, 7) is 5.28. The Hall–Kier alpha value is -3.31. The van der Waals surface area contributed by atoms with Crippen molar-refractivity contribution in [3.8, 4) is 5.75 Å². The van der Waals surface area contributed by atoms with Crippen LogP contribution in [0.3, 0.4) is 0 Å². The first-order valence-corrected chi connectivity index (χ1v) is 13.3. The number of hydrogen-bond donors (Lipinski definition) is 2. The normalized spacial score (nSPS) is 17.9. The zero-order chi connectivity index (χ0) is 25.5. The lowest BCUT2D eigenvalue weighted by molar-refractivity contribution is -0.163. The van der Waals surface area contributed by atoms with E-state index in [4.69, 9.17) is 9.47 Å². The molecule has 3 rings (SSSR count). The molecule has 0 radical (unpaired) electrons. The lowest BCUT2D eigenvalue weighted by Crippen LogP contribution is -2.73. The standard InChI is InChI=1S/C24H26N2O7S2/c1-15(2)21(24(29)33-14-17-9-11-18(32-3)12-10-17)26-22(28)20(23(26)34-35(30)31)25-19(27)13-16-7-5-4-6-8-16/h4-12,20-21,23,35H,1,13-14H2,2-3H3,(H,25,27). The third-order valence-electron chi connectivity index (χ3n) is 5.31. The summed E-state index contributed by atoms with van der Waals surface area (Å²) >= 11 is 0. The Morgan fingerprint density at radius 2 is 1.77 bits per heavy atom. The van der Waals surface area contributed by atoms with Crippen molar-refractivity contribution in [2.45, 2.75) is 37.4 Å². The van der Waals surface area contributed by atoms with Crippen LogP contribution >= 0.6 is 10.8 Å². The van der Waals surface area contributed by atoms with Gasteiger partial charge in [-0.15, -0.1) is 0 Å². The summed E-state index contributed by atoms with van der Waals surface area (Å²) in [5, 5.41) is 1.59. The van der Waals surface area contributed by atoms with Crippen LogP contribution in [-0.2, 0) is 41.9 Å². The van der Waals surface area contributed by atoms with Gasteiger partial charge in [-0.25, -0.2) is 13.2 Å². The maximum absolute atomic E-state index is 13.0. The lowest BCUT2D eigenvalue weighted by Gasteiger charge is -2.48. The second kappa shape index (κ2) is 11.9. The molecule has 186 valence electrons. The van der Waals surface area contributed by atoms with E-state index in [9.17, 15) is 22.8 Å². The topological polar surface area (TPSA) is 119 Å². The highest BCUT2D eigenvalue weighted by Gasteiger charge is 2.54. The zero-order valence-corrected chi connectivity index (χ0v) is 20.9. The average molecular weight is 519 g/mol. The number of rotatable bonds is 11. The Kier molecular flexibility index (Phi) is 8.94. The van der Waals surface area contributed by atoms with Gasteiger partial charge >= 0.3 is 5.97 Å². The fraction of sp³-hybridized carbons (Fsp3) is 0.292. The van der Waals surface area contributed by atoms with Crippen LogP contribution in [0, 0.1) is 0 Å². The van der Waals surface area contributed by atoms with Crippen molar-refractivity contribution in [2.75, 3.05) is 7.11 Å². The molecular weight excluding hydrogens is 492 g/mol. The quantitative estimate of drug-likeness (QED) is 0.152. The summed E-state index contributed by atoms with van der Waals surface area (Å²) < 4.78 is 33.5. The zero-order valence-electron chi connectivity index (χ0n) is 19.2. The molecule has 35 heavy (non-hydrogen) atoms. The van der Waals surface area contributed by atoms with Gasteiger partial charge in [-0.3, -0.25) is 9.59 Å². The first-order chi connectivity index (χ1) is 16.7. The summed E-state index contributed by atoms with van der Waals surface area (Å²) in [6.07, 6.45) is 0.0271. The van der Waals surface area contributed by atoms with Crippen molar-refractivity contribution < 1.29 is 32.3 Å². The first kappa shape index (κ1) is 26.3. The largest absolute Gasteiger partial charge is 0.497 e. The number of carbonyl (C=O) groups is 3. The highest BCUT2D eigenvalue weighted by molar-refractivity contribution is 8.64. The Morgan fingerprint density at radius 1 is 1.11 bits per heavy atom. The molecule has 0 aliphatic carbocycles. The number of ether oxygens (including phenoxy) is 2. The van der Waals surface area contributed by atoms with Crippen LogP contribution in [0.25, 0.3) is 0 Å². The fourth-order valence-electron chi connectivity index (χ4n) is 3.61. The highest BCUT2D eigenvalue weighted by atomic mass is 33.1. The molecule has 1 saturated heterocycles. The number of β-lactam (4-membered cyclic amide) rings is 1. The van der Waals surface area contributed by atoms with Crippen LogP contribution in [0.15, 0.2) is 66.7 Å². The smallest absolute Gasteiger partial charge is 0.333 e. The van der Waals surface area contributed by atoms with Crippen LogP contribution in [0.5, 0.6) is 5.75 Å². The Morgan fingerprint density at radius 3 is 2.34 bits per heavy atom. The minimum atomic E-state index is -2.97. The lowest BCUT2D eigenvalue weighted by atomic mass is 9.99. The molecule has 11 heteroatoms. The highest BCUT2D eigenvalue weighted by Crippen LogP contribution is 2.35. The third-order valence-corrected chi connectivity index (χ3v) is 7.36. The second-order valence-electron chi connectivity index (χ2n) is 7.88. The molecule has 2 aromatic rings. The monoisotopic (exact) mass is 518 g/mol. The van der Waals surface area contributed by atoms with Gasteiger partial charge < -0.3 is 19.7 Å². The van der Waals surface area contributed by atoms with E-state index >= 15 is 0 Å². The Balaban J connectivity index is 1.70. The average Bonchev–Trinajstić information content (AvgIpc) is 2.84. The number of likely N-dealkylation sites (tertiary alicyclic amines) is 1. The molecule has 1 heterocycles. The van der Waals surface area contributed by atoms with Gasteiger partial charge in [-0.1, -0.05) is 49.0 Å². The SMILES string of the molecule is C=C(C)C(C(=O)OCc1ccc(OC)cc1)N1C(=O)C(NC(=O)Cc2ccccc2)C1S[SH](=O)=O. The van der Waals surface area contributed by atoms with E-state index in [1.54, 1.807) is 55.5 Å². The molecule has 9 nitrogen and oxygen atoms in total. The van der Waals surface area contributed by atoms with Crippen LogP contribution in [-0.4, -0.2) is 55.7 Å². The number of esters is 1. The van der Waals surface area contributed by atoms with Crippen molar-refractivity contribution >= 4 is 38.3 Å². The minimum absolute atomic E-state index is 0.0271. The predicted octanol–water partition coefficient (Wildman–Crippen LogP) is 1.84. The van der Waals surface area contributed by atoms with Gasteiger partial charge in [0.2, 0.25) is 11.8 Å². The fourth-order valence-corrected chi connectivity index (χ4v) is 5.62. The summed E-state index contributed by atoms with van der Waals surface area (Å²) in [5.74, 6) is -1.12. The molecule has 2 aromatic carbocycles. The molecule has 1 fully saturated rings. The Bertz CT molecular complexity index is 1160. The van der Waals surface area contributed by atoms with E-state index in [1.807, 2.05) is 6.07 Å². The first-order valence-electron chi connectivity index (χ1n) is 10.6. The molecule has 3 unspecified atom stereocenters.